The lowest BCUT2D eigenvalue weighted by Crippen LogP contribution is -2.51. The number of aromatic hydroxyl groups is 1. The quantitative estimate of drug-likeness (QED) is 0.0197. The topological polar surface area (TPSA) is 444 Å². The van der Waals surface area contributed by atoms with Gasteiger partial charge in [-0.15, -0.1) is 0 Å². The standard InChI is InChI=1S/C69H94N16O16S2/c1-4-44-45-33-43(86)14-15-49(45)80-57-46(44)35-85-52(57)34-48-47(62(85)91)36-100-64(93)69(48,5-2)101-63(92)39(3)78-67(94)76-20-26-98-28-29-99-27-21-77-68(95)79-42-31-40(60(89)74-18-24-96-22-16-72-55(87)12-8-6-10-53-58-50(37-102-53)81-65(70)83-58)30-41(32-42)61(90)75-19-25-97-23-17-73-56(88)13-9-7-11-54-59-51(38-103-54)82-66(71)84-59/h14-15,30-34,39,50-51,53-54,58-59,86H,4-13,16-29,35-38H2,1-3H3,(H,72,87)(H,73,88)(H,74,89)(H,75,90)(H3,70,81,83)(H3,71,82,84)(H2,76,78,94)(H2,77,79,95)/t39?,50-,51-,53-,54-,58-,59-,69-/m0/s1. The minimum Gasteiger partial charge on any atom is -0.508 e. The van der Waals surface area contributed by atoms with Gasteiger partial charge in [-0.3, -0.25) is 24.0 Å². The molecule has 2 aromatic heterocycles. The first-order chi connectivity index (χ1) is 49.8. The van der Waals surface area contributed by atoms with Crippen LogP contribution < -0.4 is 70.2 Å². The Morgan fingerprint density at radius 2 is 1.21 bits per heavy atom. The summed E-state index contributed by atoms with van der Waals surface area (Å²) >= 11 is 3.79. The van der Waals surface area contributed by atoms with Crippen molar-refractivity contribution < 1.29 is 71.9 Å². The van der Waals surface area contributed by atoms with E-state index in [1.54, 1.807) is 29.7 Å². The number of aryl methyl sites for hydroxylation is 1. The smallest absolute Gasteiger partial charge is 0.355 e. The summed E-state index contributed by atoms with van der Waals surface area (Å²) in [7, 11) is 0. The third kappa shape index (κ3) is 20.1. The molecule has 103 heavy (non-hydrogen) atoms. The first-order valence-electron chi connectivity index (χ1n) is 35.2. The minimum absolute atomic E-state index is 0.0391. The summed E-state index contributed by atoms with van der Waals surface area (Å²) in [5, 5.41) is 40.1. The molecular weight excluding hydrogens is 1370 g/mol. The number of nitrogens with zero attached hydrogens (tertiary/aromatic N) is 4. The highest BCUT2D eigenvalue weighted by molar-refractivity contribution is 8.00. The van der Waals surface area contributed by atoms with E-state index in [1.165, 1.54) is 31.2 Å². The summed E-state index contributed by atoms with van der Waals surface area (Å²) in [4.78, 5) is 133. The summed E-state index contributed by atoms with van der Waals surface area (Å²) in [6.45, 7) is 6.92. The number of carbonyl (C=O) groups excluding carboxylic acids is 8. The molecule has 4 aromatic rings. The molecule has 6 aliphatic rings. The average molecular weight is 1470 g/mol. The van der Waals surface area contributed by atoms with E-state index in [1.807, 2.05) is 30.4 Å². The lowest BCUT2D eigenvalue weighted by atomic mass is 9.85. The Morgan fingerprint density at radius 3 is 1.77 bits per heavy atom. The van der Waals surface area contributed by atoms with Gasteiger partial charge in [0, 0.05) is 107 Å². The van der Waals surface area contributed by atoms with E-state index in [-0.39, 0.29) is 168 Å². The van der Waals surface area contributed by atoms with E-state index in [0.717, 1.165) is 66.5 Å². The summed E-state index contributed by atoms with van der Waals surface area (Å²) in [6.07, 6.45) is 6.62. The van der Waals surface area contributed by atoms with Gasteiger partial charge in [-0.1, -0.05) is 26.7 Å². The fraction of sp³-hybridized carbons (Fsp3) is 0.565. The molecular formula is C69H94N16O16S2. The van der Waals surface area contributed by atoms with Crippen LogP contribution in [0.2, 0.25) is 0 Å². The van der Waals surface area contributed by atoms with Gasteiger partial charge in [0.2, 0.25) is 17.4 Å². The molecule has 34 heteroatoms. The van der Waals surface area contributed by atoms with Crippen LogP contribution in [0.4, 0.5) is 15.3 Å². The van der Waals surface area contributed by atoms with E-state index in [9.17, 15) is 48.3 Å². The van der Waals surface area contributed by atoms with Gasteiger partial charge in [0.25, 0.3) is 17.4 Å². The number of unbranched alkanes of at least 4 members (excludes halogenated alkanes) is 2. The number of amides is 8. The van der Waals surface area contributed by atoms with Crippen LogP contribution in [0.3, 0.4) is 0 Å². The number of fused-ring (bicyclic) bond motifs is 7. The molecule has 0 spiro atoms. The predicted molar refractivity (Wildman–Crippen MR) is 387 cm³/mol. The zero-order valence-electron chi connectivity index (χ0n) is 58.2. The van der Waals surface area contributed by atoms with Crippen molar-refractivity contribution in [3.8, 4) is 17.1 Å². The molecule has 8 heterocycles. The van der Waals surface area contributed by atoms with Crippen LogP contribution in [0, 0.1) is 0 Å². The van der Waals surface area contributed by atoms with Gasteiger partial charge in [-0.05, 0) is 93.5 Å². The third-order valence-corrected chi connectivity index (χ3v) is 21.5. The van der Waals surface area contributed by atoms with Crippen molar-refractivity contribution >= 4 is 99.7 Å². The zero-order valence-corrected chi connectivity index (χ0v) is 59.8. The summed E-state index contributed by atoms with van der Waals surface area (Å²) in [5.41, 5.74) is 13.2. The SMILES string of the molecule is CCc1c2c(nc3ccc(O)cc13)-c1cc3c(c(=O)n1C2)COC(=O)[C@@]3(CC)OC(=O)C(C)NC(=O)NCCOCCOCCNC(=O)Nc1cc(C(=O)NCCOCCNC(=O)CCCC[C@@H]2SC[C@@H]3N=C(N)N[C@@H]32)cc(C(=O)NCCOCCNC(=O)CCCC[C@@H]2SC[C@@H]3N=C(N)N[C@@H]32)c1. The molecule has 6 aliphatic heterocycles. The van der Waals surface area contributed by atoms with E-state index in [0.29, 0.717) is 71.7 Å². The van der Waals surface area contributed by atoms with Crippen molar-refractivity contribution in [3.05, 3.63) is 86.2 Å². The number of urea groups is 2. The molecule has 0 saturated carbocycles. The average Bonchev–Trinajstić information content (AvgIpc) is 1.63. The number of nitrogens with one attached hydrogen (secondary N) is 10. The lowest BCUT2D eigenvalue weighted by Gasteiger charge is -2.36. The number of nitrogens with two attached hydrogens (primary N) is 2. The first kappa shape index (κ1) is 76.7. The molecule has 0 aliphatic carbocycles. The van der Waals surface area contributed by atoms with Gasteiger partial charge in [0.15, 0.2) is 11.9 Å². The first-order valence-corrected chi connectivity index (χ1v) is 37.3. The summed E-state index contributed by atoms with van der Waals surface area (Å²) < 4.78 is 35.5. The molecule has 15 N–H and O–H groups in total. The maximum atomic E-state index is 14.2. The number of benzene rings is 2. The molecule has 32 nitrogen and oxygen atoms in total. The van der Waals surface area contributed by atoms with E-state index in [4.69, 9.17) is 44.9 Å². The molecule has 8 amide bonds. The van der Waals surface area contributed by atoms with Crippen molar-refractivity contribution in [3.63, 3.8) is 0 Å². The normalized spacial score (nSPS) is 20.5. The third-order valence-electron chi connectivity index (χ3n) is 18.6. The number of phenols is 1. The highest BCUT2D eigenvalue weighted by Crippen LogP contribution is 2.43. The number of hydrogen-bond donors (Lipinski definition) is 13. The largest absolute Gasteiger partial charge is 0.508 e. The number of aliphatic imine (C=N–C) groups is 2. The molecule has 2 saturated heterocycles. The van der Waals surface area contributed by atoms with E-state index < -0.39 is 53.0 Å². The van der Waals surface area contributed by atoms with Crippen LogP contribution in [-0.4, -0.2) is 219 Å². The number of rotatable bonds is 39. The number of phenolic OH excluding ortho intramolecular Hbond substituents is 1. The molecule has 2 aromatic carbocycles. The van der Waals surface area contributed by atoms with Crippen molar-refractivity contribution in [1.29, 1.82) is 0 Å². The van der Waals surface area contributed by atoms with Crippen molar-refractivity contribution in [2.45, 2.75) is 144 Å². The second-order valence-electron chi connectivity index (χ2n) is 25.7. The number of ether oxygens (including phenoxy) is 6. The Balaban J connectivity index is 0.609. The highest BCUT2D eigenvalue weighted by atomic mass is 32.2. The summed E-state index contributed by atoms with van der Waals surface area (Å²) in [5.74, 6) is -0.0270. The lowest BCUT2D eigenvalue weighted by molar-refractivity contribution is -0.190. The van der Waals surface area contributed by atoms with Gasteiger partial charge < -0.3 is 103 Å². The number of aromatic nitrogens is 2. The van der Waals surface area contributed by atoms with E-state index in [2.05, 4.69) is 63.2 Å². The number of thioether (sulfide) groups is 2. The number of anilines is 1. The van der Waals surface area contributed by atoms with Gasteiger partial charge in [-0.2, -0.15) is 23.5 Å². The number of carbonyl (C=O) groups is 8. The number of hydrogen-bond acceptors (Lipinski definition) is 25. The maximum absolute atomic E-state index is 14.2. The minimum atomic E-state index is -2.00. The summed E-state index contributed by atoms with van der Waals surface area (Å²) in [6, 6.07) is 9.13. The molecule has 2 fully saturated rings. The van der Waals surface area contributed by atoms with E-state index >= 15 is 0 Å². The number of guanidine groups is 2. The Bertz CT molecular complexity index is 3770. The van der Waals surface area contributed by atoms with Gasteiger partial charge in [0.1, 0.15) is 18.4 Å². The molecule has 0 radical (unpaired) electrons. The second kappa shape index (κ2) is 37.0. The monoisotopic (exact) mass is 1470 g/mol. The van der Waals surface area contributed by atoms with Crippen LogP contribution >= 0.6 is 23.5 Å². The Labute approximate surface area is 604 Å². The van der Waals surface area contributed by atoms with Gasteiger partial charge in [0.05, 0.1) is 106 Å². The Kier molecular flexibility index (Phi) is 27.5. The Hall–Kier alpha value is -8.96. The van der Waals surface area contributed by atoms with Crippen LogP contribution in [0.1, 0.15) is 122 Å². The van der Waals surface area contributed by atoms with Crippen molar-refractivity contribution in [2.75, 3.05) is 109 Å². The fourth-order valence-electron chi connectivity index (χ4n) is 13.3. The Morgan fingerprint density at radius 1 is 0.680 bits per heavy atom. The number of pyridine rings is 2. The van der Waals surface area contributed by atoms with Crippen LogP contribution in [0.15, 0.2) is 57.2 Å². The molecule has 0 bridgehead atoms. The van der Waals surface area contributed by atoms with Crippen LogP contribution in [-0.2, 0) is 72.8 Å². The molecule has 8 atom stereocenters. The fourth-order valence-corrected chi connectivity index (χ4v) is 16.4. The predicted octanol–water partition coefficient (Wildman–Crippen LogP) is 1.83. The highest BCUT2D eigenvalue weighted by Gasteiger charge is 2.51. The van der Waals surface area contributed by atoms with Gasteiger partial charge >= 0.3 is 24.0 Å². The van der Waals surface area contributed by atoms with Crippen molar-refractivity contribution in [1.82, 2.24) is 57.4 Å². The molecule has 558 valence electrons. The zero-order chi connectivity index (χ0) is 73.0. The number of cyclic esters (lactones) is 1. The van der Waals surface area contributed by atoms with Crippen LogP contribution in [0.25, 0.3) is 22.3 Å². The van der Waals surface area contributed by atoms with Gasteiger partial charge in [-0.25, -0.2) is 34.1 Å². The molecule has 1 unspecified atom stereocenters. The second-order valence-corrected chi connectivity index (χ2v) is 28.2. The number of esters is 2. The van der Waals surface area contributed by atoms with Crippen LogP contribution in [0.5, 0.6) is 5.75 Å². The van der Waals surface area contributed by atoms with Crippen molar-refractivity contribution in [2.24, 2.45) is 21.5 Å². The molecule has 10 rings (SSSR count). The maximum Gasteiger partial charge on any atom is 0.355 e.